The lowest BCUT2D eigenvalue weighted by molar-refractivity contribution is -0.138. The Hall–Kier alpha value is -4.24. The van der Waals surface area contributed by atoms with E-state index in [4.69, 9.17) is 12.6 Å². The van der Waals surface area contributed by atoms with Crippen molar-refractivity contribution in [3.63, 3.8) is 0 Å². The fourth-order valence-electron chi connectivity index (χ4n) is 9.07. The number of nitriles is 1. The molecule has 1 aromatic heterocycles. The summed E-state index contributed by atoms with van der Waals surface area (Å²) in [6.45, 7) is 10.8. The van der Waals surface area contributed by atoms with Crippen LogP contribution in [0.25, 0.3) is 0 Å². The molecule has 4 fully saturated rings. The number of alkyl halides is 3. The number of anilines is 3. The molecule has 3 saturated heterocycles. The summed E-state index contributed by atoms with van der Waals surface area (Å²) in [5.74, 6) is -0.569. The van der Waals surface area contributed by atoms with Crippen LogP contribution in [0.4, 0.5) is 30.2 Å². The van der Waals surface area contributed by atoms with Gasteiger partial charge in [-0.2, -0.15) is 18.4 Å². The number of benzene rings is 1. The molecule has 3 N–H and O–H groups in total. The van der Waals surface area contributed by atoms with Crippen molar-refractivity contribution in [2.75, 3.05) is 41.7 Å². The van der Waals surface area contributed by atoms with Crippen molar-refractivity contribution in [1.82, 2.24) is 25.0 Å². The minimum atomic E-state index is -4.79. The minimum absolute atomic E-state index is 0.0338. The molecule has 13 nitrogen and oxygen atoms in total. The van der Waals surface area contributed by atoms with Gasteiger partial charge in [-0.1, -0.05) is 6.07 Å². The van der Waals surface area contributed by atoms with Gasteiger partial charge in [0, 0.05) is 49.0 Å². The number of rotatable bonds is 11. The van der Waals surface area contributed by atoms with Crippen LogP contribution in [-0.2, 0) is 25.4 Å². The van der Waals surface area contributed by atoms with Crippen LogP contribution in [0.5, 0.6) is 0 Å². The maximum Gasteiger partial charge on any atom is 0.419 e. The lowest BCUT2D eigenvalue weighted by atomic mass is 9.81. The number of hydrogen-bond donors (Lipinski definition) is 4. The van der Waals surface area contributed by atoms with E-state index in [1.54, 1.807) is 32.0 Å². The smallest absolute Gasteiger partial charge is 0.374 e. The molecule has 3 aliphatic heterocycles. The highest BCUT2D eigenvalue weighted by atomic mass is 32.1. The molecule has 57 heavy (non-hydrogen) atoms. The van der Waals surface area contributed by atoms with Crippen LogP contribution in [0.15, 0.2) is 36.5 Å². The van der Waals surface area contributed by atoms with Crippen molar-refractivity contribution in [1.29, 1.82) is 5.26 Å². The SMILES string of the molecule is C[C@@H]1CN(CCCC2CCC(N3C(S)N(c4cnc(C#N)c(C(F)(F)F)c4)C(=O)C3(C)C)CC2)C[C@H](C)N1CC(=O)Nc1cccc(NC2CCC(=O)NC2=O)c1. The Morgan fingerprint density at radius 3 is 2.39 bits per heavy atom. The van der Waals surface area contributed by atoms with Crippen LogP contribution in [0.2, 0.25) is 0 Å². The fraction of sp³-hybridized carbons (Fsp3) is 0.600. The van der Waals surface area contributed by atoms with Gasteiger partial charge in [0.2, 0.25) is 23.6 Å². The van der Waals surface area contributed by atoms with E-state index in [-0.39, 0.29) is 60.4 Å². The molecule has 4 atom stereocenters. The summed E-state index contributed by atoms with van der Waals surface area (Å²) in [7, 11) is 0. The molecule has 6 rings (SSSR count). The van der Waals surface area contributed by atoms with Gasteiger partial charge in [0.25, 0.3) is 0 Å². The first-order valence-electron chi connectivity index (χ1n) is 19.7. The van der Waals surface area contributed by atoms with Gasteiger partial charge in [0.05, 0.1) is 29.5 Å². The summed E-state index contributed by atoms with van der Waals surface area (Å²) < 4.78 is 41.1. The first-order valence-corrected chi connectivity index (χ1v) is 20.2. The molecule has 1 aliphatic carbocycles. The molecule has 1 saturated carbocycles. The summed E-state index contributed by atoms with van der Waals surface area (Å²) in [5, 5.41) is 17.7. The van der Waals surface area contributed by atoms with Crippen molar-refractivity contribution >= 4 is 53.3 Å². The quantitative estimate of drug-likeness (QED) is 0.176. The van der Waals surface area contributed by atoms with Gasteiger partial charge in [0.15, 0.2) is 5.69 Å². The molecule has 0 spiro atoms. The zero-order valence-electron chi connectivity index (χ0n) is 32.8. The summed E-state index contributed by atoms with van der Waals surface area (Å²) in [4.78, 5) is 62.1. The Balaban J connectivity index is 0.942. The number of halogens is 3. The second kappa shape index (κ2) is 17.3. The molecule has 0 radical (unpaired) electrons. The van der Waals surface area contributed by atoms with Crippen LogP contribution < -0.4 is 20.9 Å². The Morgan fingerprint density at radius 2 is 1.74 bits per heavy atom. The predicted molar refractivity (Wildman–Crippen MR) is 212 cm³/mol. The molecular formula is C40H52F3N9O4S. The summed E-state index contributed by atoms with van der Waals surface area (Å²) in [6, 6.07) is 9.39. The average molecular weight is 812 g/mol. The highest BCUT2D eigenvalue weighted by Gasteiger charge is 2.54. The number of thiol groups is 1. The summed E-state index contributed by atoms with van der Waals surface area (Å²) >= 11 is 4.76. The number of aromatic nitrogens is 1. The van der Waals surface area contributed by atoms with E-state index in [9.17, 15) is 37.6 Å². The maximum absolute atomic E-state index is 13.7. The van der Waals surface area contributed by atoms with Crippen LogP contribution in [0, 0.1) is 17.2 Å². The van der Waals surface area contributed by atoms with Crippen LogP contribution >= 0.6 is 12.6 Å². The average Bonchev–Trinajstić information content (AvgIpc) is 3.32. The van der Waals surface area contributed by atoms with Crippen molar-refractivity contribution < 1.29 is 32.3 Å². The molecule has 4 amide bonds. The second-order valence-corrected chi connectivity index (χ2v) is 16.9. The number of carbonyl (C=O) groups is 4. The predicted octanol–water partition coefficient (Wildman–Crippen LogP) is 5.20. The Labute approximate surface area is 337 Å². The van der Waals surface area contributed by atoms with Gasteiger partial charge in [-0.25, -0.2) is 4.98 Å². The normalized spacial score (nSPS) is 27.6. The van der Waals surface area contributed by atoms with Crippen molar-refractivity contribution in [3.05, 3.63) is 47.8 Å². The van der Waals surface area contributed by atoms with Gasteiger partial charge < -0.3 is 15.5 Å². The van der Waals surface area contributed by atoms with E-state index in [1.807, 2.05) is 11.0 Å². The fourth-order valence-corrected chi connectivity index (χ4v) is 9.79. The summed E-state index contributed by atoms with van der Waals surface area (Å²) in [5.41, 5.74) is -2.41. The zero-order valence-corrected chi connectivity index (χ0v) is 33.7. The van der Waals surface area contributed by atoms with Gasteiger partial charge in [-0.15, -0.1) is 12.6 Å². The van der Waals surface area contributed by atoms with Crippen molar-refractivity contribution in [2.45, 2.75) is 120 Å². The van der Waals surface area contributed by atoms with Crippen molar-refractivity contribution in [2.24, 2.45) is 5.92 Å². The molecule has 0 bridgehead atoms. The third-order valence-corrected chi connectivity index (χ3v) is 12.4. The standard InChI is InChI=1S/C40H52F3N9O4S/c1-24-21-49(22-25(2)50(24)23-35(54)47-28-9-5-8-27(17-28)46-32-14-15-34(53)48-36(32)55)16-6-7-26-10-12-29(13-11-26)52-38(57)51(37(56)39(52,3)4)30-18-31(40(41,42)43)33(19-44)45-20-30/h5,8-9,17-18,20,24-26,29,32,38,46,57H,6-7,10-16,21-23H2,1-4H3,(H,47,54)(H,48,53,55)/t24-,25+,26?,29?,32?,38?. The number of imide groups is 1. The van der Waals surface area contributed by atoms with E-state index >= 15 is 0 Å². The molecule has 17 heteroatoms. The largest absolute Gasteiger partial charge is 0.419 e. The molecular weight excluding hydrogens is 760 g/mol. The molecule has 4 heterocycles. The second-order valence-electron chi connectivity index (χ2n) is 16.4. The summed E-state index contributed by atoms with van der Waals surface area (Å²) in [6.07, 6.45) is 2.81. The van der Waals surface area contributed by atoms with Crippen LogP contribution in [0.3, 0.4) is 0 Å². The number of carbonyl (C=O) groups excluding carboxylic acids is 4. The van der Waals surface area contributed by atoms with E-state index < -0.39 is 34.5 Å². The monoisotopic (exact) mass is 811 g/mol. The molecule has 4 aliphatic rings. The van der Waals surface area contributed by atoms with Gasteiger partial charge in [-0.05, 0) is 109 Å². The third-order valence-electron chi connectivity index (χ3n) is 12.0. The molecule has 2 unspecified atom stereocenters. The number of nitrogens with one attached hydrogen (secondary N) is 3. The first-order chi connectivity index (χ1) is 27.0. The number of amides is 4. The lowest BCUT2D eigenvalue weighted by Crippen LogP contribution is -2.58. The Kier molecular flexibility index (Phi) is 12.9. The van der Waals surface area contributed by atoms with E-state index in [2.05, 4.69) is 44.6 Å². The van der Waals surface area contributed by atoms with Gasteiger partial charge in [0.1, 0.15) is 17.6 Å². The zero-order chi connectivity index (χ0) is 41.2. The highest BCUT2D eigenvalue weighted by molar-refractivity contribution is 7.81. The molecule has 1 aromatic carbocycles. The van der Waals surface area contributed by atoms with E-state index in [0.717, 1.165) is 70.4 Å². The minimum Gasteiger partial charge on any atom is -0.374 e. The lowest BCUT2D eigenvalue weighted by Gasteiger charge is -2.44. The highest BCUT2D eigenvalue weighted by Crippen LogP contribution is 2.43. The van der Waals surface area contributed by atoms with Crippen LogP contribution in [-0.4, -0.2) is 105 Å². The Morgan fingerprint density at radius 1 is 1.05 bits per heavy atom. The third kappa shape index (κ3) is 9.56. The van der Waals surface area contributed by atoms with Gasteiger partial charge in [-0.3, -0.25) is 39.2 Å². The van der Waals surface area contributed by atoms with Crippen molar-refractivity contribution in [3.8, 4) is 6.07 Å². The molecule has 2 aromatic rings. The Bertz CT molecular complexity index is 1870. The van der Waals surface area contributed by atoms with Gasteiger partial charge >= 0.3 is 6.18 Å². The number of pyridine rings is 1. The topological polar surface area (TPSA) is 154 Å². The van der Waals surface area contributed by atoms with E-state index in [1.165, 1.54) is 11.0 Å². The number of piperidine rings is 1. The van der Waals surface area contributed by atoms with Crippen LogP contribution in [0.1, 0.15) is 90.3 Å². The molecule has 308 valence electrons. The number of nitrogens with zero attached hydrogens (tertiary/aromatic N) is 6. The number of hydrogen-bond acceptors (Lipinski definition) is 11. The van der Waals surface area contributed by atoms with E-state index in [0.29, 0.717) is 23.7 Å². The maximum atomic E-state index is 13.7. The first kappa shape index (κ1) is 42.4. The number of piperazine rings is 1.